The predicted molar refractivity (Wildman–Crippen MR) is 77.2 cm³/mol. The molecule has 0 amide bonds. The Bertz CT molecular complexity index is 723. The van der Waals surface area contributed by atoms with E-state index in [4.69, 9.17) is 11.6 Å². The molecule has 0 saturated carbocycles. The largest absolute Gasteiger partial charge is 0.465 e. The molecule has 0 aliphatic rings. The fraction of sp³-hybridized carbons (Fsp3) is 0.214. The topological polar surface area (TPSA) is 64.1 Å². The Kier molecular flexibility index (Phi) is 5.05. The van der Waals surface area contributed by atoms with Gasteiger partial charge in [0.25, 0.3) is 0 Å². The van der Waals surface area contributed by atoms with Gasteiger partial charge in [-0.1, -0.05) is 11.6 Å². The van der Waals surface area contributed by atoms with Gasteiger partial charge >= 0.3 is 12.1 Å². The molecule has 122 valence electrons. The summed E-state index contributed by atoms with van der Waals surface area (Å²) in [5.41, 5.74) is -0.591. The smallest absolute Gasteiger partial charge is 0.416 e. The quantitative estimate of drug-likeness (QED) is 0.678. The summed E-state index contributed by atoms with van der Waals surface area (Å²) in [5, 5.41) is 2.82. The first-order valence-electron chi connectivity index (χ1n) is 6.30. The van der Waals surface area contributed by atoms with Gasteiger partial charge in [0.05, 0.1) is 18.4 Å². The van der Waals surface area contributed by atoms with Gasteiger partial charge in [-0.15, -0.1) is 0 Å². The van der Waals surface area contributed by atoms with Crippen LogP contribution >= 0.6 is 11.6 Å². The summed E-state index contributed by atoms with van der Waals surface area (Å²) in [6, 6.07) is 2.22. The molecule has 2 heterocycles. The number of methoxy groups -OCH3 is 1. The molecule has 23 heavy (non-hydrogen) atoms. The standard InChI is InChI=1S/C14H11ClF3N3O2/c1-23-13(22)9-7-21-12(15)4-11(9)20-6-8-5-19-3-2-10(8)14(16,17)18/h2-5,7H,6H2,1H3,(H,20,21). The lowest BCUT2D eigenvalue weighted by molar-refractivity contribution is -0.138. The number of halogens is 4. The molecule has 9 heteroatoms. The minimum atomic E-state index is -4.50. The van der Waals surface area contributed by atoms with Crippen LogP contribution in [0, 0.1) is 0 Å². The normalized spacial score (nSPS) is 11.2. The zero-order chi connectivity index (χ0) is 17.0. The summed E-state index contributed by atoms with van der Waals surface area (Å²) < 4.78 is 43.4. The van der Waals surface area contributed by atoms with Gasteiger partial charge in [0.2, 0.25) is 0 Å². The van der Waals surface area contributed by atoms with Crippen molar-refractivity contribution in [2.24, 2.45) is 0 Å². The second-order valence-electron chi connectivity index (χ2n) is 4.43. The molecule has 0 fully saturated rings. The lowest BCUT2D eigenvalue weighted by Crippen LogP contribution is -2.14. The van der Waals surface area contributed by atoms with Crippen molar-refractivity contribution in [1.29, 1.82) is 0 Å². The number of carbonyl (C=O) groups is 1. The molecule has 0 aromatic carbocycles. The van der Waals surface area contributed by atoms with Gasteiger partial charge in [0, 0.05) is 30.7 Å². The van der Waals surface area contributed by atoms with E-state index in [1.165, 1.54) is 19.4 Å². The van der Waals surface area contributed by atoms with E-state index in [-0.39, 0.29) is 28.5 Å². The molecule has 0 aliphatic heterocycles. The summed E-state index contributed by atoms with van der Waals surface area (Å²) in [6.45, 7) is -0.201. The van der Waals surface area contributed by atoms with Crippen LogP contribution in [0.2, 0.25) is 5.15 Å². The zero-order valence-corrected chi connectivity index (χ0v) is 12.6. The van der Waals surface area contributed by atoms with Gasteiger partial charge in [0.1, 0.15) is 10.7 Å². The first kappa shape index (κ1) is 17.0. The Hall–Kier alpha value is -2.35. The number of anilines is 1. The Morgan fingerprint density at radius 2 is 2.13 bits per heavy atom. The van der Waals surface area contributed by atoms with E-state index >= 15 is 0 Å². The van der Waals surface area contributed by atoms with Crippen molar-refractivity contribution in [2.45, 2.75) is 12.7 Å². The van der Waals surface area contributed by atoms with Crippen LogP contribution in [0.15, 0.2) is 30.7 Å². The molecule has 1 N–H and O–H groups in total. The van der Waals surface area contributed by atoms with Crippen molar-refractivity contribution in [3.63, 3.8) is 0 Å². The molecule has 0 radical (unpaired) electrons. The van der Waals surface area contributed by atoms with Gasteiger partial charge in [-0.3, -0.25) is 4.98 Å². The Labute approximate surface area is 134 Å². The number of carbonyl (C=O) groups excluding carboxylic acids is 1. The van der Waals surface area contributed by atoms with Crippen LogP contribution in [0.5, 0.6) is 0 Å². The molecule has 0 spiro atoms. The second kappa shape index (κ2) is 6.82. The summed E-state index contributed by atoms with van der Waals surface area (Å²) >= 11 is 5.75. The van der Waals surface area contributed by atoms with Crippen LogP contribution in [-0.2, 0) is 17.5 Å². The summed E-state index contributed by atoms with van der Waals surface area (Å²) in [4.78, 5) is 19.1. The van der Waals surface area contributed by atoms with E-state index in [1.54, 1.807) is 0 Å². The molecule has 5 nitrogen and oxygen atoms in total. The zero-order valence-electron chi connectivity index (χ0n) is 11.8. The highest BCUT2D eigenvalue weighted by molar-refractivity contribution is 6.29. The Balaban J connectivity index is 2.29. The first-order valence-corrected chi connectivity index (χ1v) is 6.68. The van der Waals surface area contributed by atoms with E-state index in [0.29, 0.717) is 0 Å². The van der Waals surface area contributed by atoms with E-state index in [0.717, 1.165) is 18.5 Å². The minimum Gasteiger partial charge on any atom is -0.465 e. The van der Waals surface area contributed by atoms with Crippen molar-refractivity contribution < 1.29 is 22.7 Å². The number of pyridine rings is 2. The molecule has 0 bridgehead atoms. The van der Waals surface area contributed by atoms with Gasteiger partial charge in [0.15, 0.2) is 0 Å². The number of nitrogens with one attached hydrogen (secondary N) is 1. The molecule has 2 aromatic heterocycles. The molecule has 0 unspecified atom stereocenters. The molecule has 0 aliphatic carbocycles. The molecular formula is C14H11ClF3N3O2. The maximum absolute atomic E-state index is 12.9. The van der Waals surface area contributed by atoms with Crippen molar-refractivity contribution in [3.05, 3.63) is 52.6 Å². The molecule has 0 atom stereocenters. The Morgan fingerprint density at radius 3 is 2.78 bits per heavy atom. The number of alkyl halides is 3. The van der Waals surface area contributed by atoms with Crippen LogP contribution in [0.25, 0.3) is 0 Å². The van der Waals surface area contributed by atoms with Crippen LogP contribution in [0.3, 0.4) is 0 Å². The lowest BCUT2D eigenvalue weighted by atomic mass is 10.1. The van der Waals surface area contributed by atoms with Crippen molar-refractivity contribution in [3.8, 4) is 0 Å². The average Bonchev–Trinajstić information content (AvgIpc) is 2.51. The summed E-state index contributed by atoms with van der Waals surface area (Å²) in [6.07, 6.45) is -1.14. The average molecular weight is 346 g/mol. The molecule has 0 saturated heterocycles. The maximum atomic E-state index is 12.9. The number of ether oxygens (including phenoxy) is 1. The SMILES string of the molecule is COC(=O)c1cnc(Cl)cc1NCc1cnccc1C(F)(F)F. The summed E-state index contributed by atoms with van der Waals surface area (Å²) in [7, 11) is 1.18. The third-order valence-electron chi connectivity index (χ3n) is 2.95. The highest BCUT2D eigenvalue weighted by Crippen LogP contribution is 2.32. The Morgan fingerprint density at radius 1 is 1.39 bits per heavy atom. The summed E-state index contributed by atoms with van der Waals surface area (Å²) in [5.74, 6) is -0.682. The fourth-order valence-electron chi connectivity index (χ4n) is 1.88. The van der Waals surface area contributed by atoms with Crippen molar-refractivity contribution in [1.82, 2.24) is 9.97 Å². The maximum Gasteiger partial charge on any atom is 0.416 e. The van der Waals surface area contributed by atoms with E-state index in [9.17, 15) is 18.0 Å². The van der Waals surface area contributed by atoms with Crippen molar-refractivity contribution >= 4 is 23.3 Å². The number of hydrogen-bond donors (Lipinski definition) is 1. The molecule has 2 rings (SSSR count). The number of hydrogen-bond acceptors (Lipinski definition) is 5. The van der Waals surface area contributed by atoms with E-state index < -0.39 is 17.7 Å². The first-order chi connectivity index (χ1) is 10.8. The van der Waals surface area contributed by atoms with Gasteiger partial charge in [-0.2, -0.15) is 13.2 Å². The molecular weight excluding hydrogens is 335 g/mol. The highest BCUT2D eigenvalue weighted by Gasteiger charge is 2.33. The number of aromatic nitrogens is 2. The van der Waals surface area contributed by atoms with Gasteiger partial charge < -0.3 is 10.1 Å². The van der Waals surface area contributed by atoms with Crippen molar-refractivity contribution in [2.75, 3.05) is 12.4 Å². The number of nitrogens with zero attached hydrogens (tertiary/aromatic N) is 2. The van der Waals surface area contributed by atoms with E-state index in [2.05, 4.69) is 20.0 Å². The van der Waals surface area contributed by atoms with Gasteiger partial charge in [-0.05, 0) is 12.1 Å². The second-order valence-corrected chi connectivity index (χ2v) is 4.82. The number of rotatable bonds is 4. The lowest BCUT2D eigenvalue weighted by Gasteiger charge is -2.14. The third-order valence-corrected chi connectivity index (χ3v) is 3.16. The van der Waals surface area contributed by atoms with Crippen LogP contribution in [-0.4, -0.2) is 23.0 Å². The van der Waals surface area contributed by atoms with Crippen LogP contribution < -0.4 is 5.32 Å². The predicted octanol–water partition coefficient (Wildman–Crippen LogP) is 3.55. The number of esters is 1. The minimum absolute atomic E-state index is 0.0642. The monoisotopic (exact) mass is 345 g/mol. The fourth-order valence-corrected chi connectivity index (χ4v) is 2.04. The van der Waals surface area contributed by atoms with Gasteiger partial charge in [-0.25, -0.2) is 9.78 Å². The third kappa shape index (κ3) is 4.10. The highest BCUT2D eigenvalue weighted by atomic mass is 35.5. The van der Waals surface area contributed by atoms with E-state index in [1.807, 2.05) is 0 Å². The van der Waals surface area contributed by atoms with Crippen LogP contribution in [0.4, 0.5) is 18.9 Å². The van der Waals surface area contributed by atoms with Crippen LogP contribution in [0.1, 0.15) is 21.5 Å². The molecule has 2 aromatic rings.